The Hall–Kier alpha value is -2.12. The minimum absolute atomic E-state index is 0.00360. The van der Waals surface area contributed by atoms with E-state index in [1.54, 1.807) is 0 Å². The third-order valence-corrected chi connectivity index (χ3v) is 2.87. The van der Waals surface area contributed by atoms with Gasteiger partial charge in [-0.25, -0.2) is 0 Å². The van der Waals surface area contributed by atoms with Gasteiger partial charge in [0.1, 0.15) is 0 Å². The van der Waals surface area contributed by atoms with E-state index in [1.165, 1.54) is 0 Å². The fourth-order valence-corrected chi connectivity index (χ4v) is 1.88. The molecule has 0 saturated heterocycles. The van der Waals surface area contributed by atoms with E-state index in [-0.39, 0.29) is 10.8 Å². The molecule has 0 aliphatic rings. The molecule has 2 aromatic rings. The monoisotopic (exact) mass is 277 g/mol. The van der Waals surface area contributed by atoms with Crippen molar-refractivity contribution in [1.82, 2.24) is 4.98 Å². The van der Waals surface area contributed by atoms with E-state index < -0.39 is 0 Å². The number of hydrogen-bond acceptors (Lipinski definition) is 0. The van der Waals surface area contributed by atoms with E-state index in [0.29, 0.717) is 0 Å². The van der Waals surface area contributed by atoms with Gasteiger partial charge >= 0.3 is 0 Å². The average molecular weight is 277 g/mol. The largest absolute Gasteiger partial charge is 0.360 e. The summed E-state index contributed by atoms with van der Waals surface area (Å²) in [6.45, 7) is 12.7. The highest BCUT2D eigenvalue weighted by atomic mass is 14.7. The number of aromatic nitrogens is 1. The Morgan fingerprint density at radius 3 is 1.86 bits per heavy atom. The third kappa shape index (κ3) is 4.17. The van der Waals surface area contributed by atoms with E-state index in [2.05, 4.69) is 88.4 Å². The summed E-state index contributed by atoms with van der Waals surface area (Å²) in [5, 5.41) is 1.15. The molecule has 0 aliphatic heterocycles. The van der Waals surface area contributed by atoms with E-state index in [9.17, 15) is 0 Å². The molecule has 0 bridgehead atoms. The second kappa shape index (κ2) is 5.34. The Balaban J connectivity index is 2.53. The summed E-state index contributed by atoms with van der Waals surface area (Å²) in [7, 11) is 0. The standard InChI is InChI=1S/C20H23N/c1-19(2,3)12-9-15-7-8-16(10-13-20(4,5)6)18-17(15)11-14-21-18/h7-8,11,14,21H,1-6H3. The summed E-state index contributed by atoms with van der Waals surface area (Å²) in [6.07, 6.45) is 1.95. The van der Waals surface area contributed by atoms with Gasteiger partial charge in [0.15, 0.2) is 0 Å². The zero-order valence-corrected chi connectivity index (χ0v) is 13.8. The summed E-state index contributed by atoms with van der Waals surface area (Å²) in [4.78, 5) is 3.29. The molecule has 0 radical (unpaired) electrons. The number of H-pyrrole nitrogens is 1. The molecule has 0 spiro atoms. The molecule has 0 unspecified atom stereocenters. The van der Waals surface area contributed by atoms with Gasteiger partial charge in [0.2, 0.25) is 0 Å². The summed E-state index contributed by atoms with van der Waals surface area (Å²) in [6, 6.07) is 6.20. The maximum atomic E-state index is 3.30. The lowest BCUT2D eigenvalue weighted by Gasteiger charge is -2.08. The molecule has 0 atom stereocenters. The van der Waals surface area contributed by atoms with E-state index in [4.69, 9.17) is 0 Å². The molecule has 0 saturated carbocycles. The van der Waals surface area contributed by atoms with Crippen LogP contribution in [0.5, 0.6) is 0 Å². The van der Waals surface area contributed by atoms with Crippen LogP contribution >= 0.6 is 0 Å². The van der Waals surface area contributed by atoms with Gasteiger partial charge in [-0.15, -0.1) is 0 Å². The molecule has 1 nitrogen and oxygen atoms in total. The van der Waals surface area contributed by atoms with E-state index in [1.807, 2.05) is 6.20 Å². The summed E-state index contributed by atoms with van der Waals surface area (Å²) in [5.74, 6) is 13.2. The molecule has 108 valence electrons. The number of aromatic amines is 1. The predicted octanol–water partition coefficient (Wildman–Crippen LogP) is 4.96. The zero-order valence-electron chi connectivity index (χ0n) is 13.8. The Morgan fingerprint density at radius 1 is 0.762 bits per heavy atom. The van der Waals surface area contributed by atoms with Crippen LogP contribution in [0.15, 0.2) is 24.4 Å². The van der Waals surface area contributed by atoms with Crippen molar-refractivity contribution in [3.63, 3.8) is 0 Å². The predicted molar refractivity (Wildman–Crippen MR) is 91.0 cm³/mol. The molecule has 0 fully saturated rings. The van der Waals surface area contributed by atoms with E-state index >= 15 is 0 Å². The van der Waals surface area contributed by atoms with Gasteiger partial charge < -0.3 is 4.98 Å². The Morgan fingerprint density at radius 2 is 1.29 bits per heavy atom. The highest BCUT2D eigenvalue weighted by Gasteiger charge is 2.08. The Labute approximate surface area is 128 Å². The zero-order chi connectivity index (χ0) is 15.7. The van der Waals surface area contributed by atoms with Crippen molar-refractivity contribution in [2.24, 2.45) is 10.8 Å². The molecule has 2 rings (SSSR count). The van der Waals surface area contributed by atoms with Gasteiger partial charge in [0.05, 0.1) is 5.52 Å². The van der Waals surface area contributed by atoms with Crippen LogP contribution in [0.3, 0.4) is 0 Å². The number of benzene rings is 1. The first-order chi connectivity index (χ1) is 9.66. The van der Waals surface area contributed by atoms with Crippen LogP contribution in [0.4, 0.5) is 0 Å². The molecule has 21 heavy (non-hydrogen) atoms. The lowest BCUT2D eigenvalue weighted by Crippen LogP contribution is -2.00. The molecule has 1 aromatic heterocycles. The van der Waals surface area contributed by atoms with Gasteiger partial charge in [-0.1, -0.05) is 23.7 Å². The SMILES string of the molecule is CC(C)(C)C#Cc1ccc(C#CC(C)(C)C)c2[nH]ccc12. The fourth-order valence-electron chi connectivity index (χ4n) is 1.88. The van der Waals surface area contributed by atoms with Gasteiger partial charge in [0.25, 0.3) is 0 Å². The van der Waals surface area contributed by atoms with Crippen molar-refractivity contribution >= 4 is 10.9 Å². The molecule has 1 heterocycles. The summed E-state index contributed by atoms with van der Waals surface area (Å²) in [5.41, 5.74) is 3.18. The van der Waals surface area contributed by atoms with Gasteiger partial charge in [-0.3, -0.25) is 0 Å². The van der Waals surface area contributed by atoms with E-state index in [0.717, 1.165) is 22.0 Å². The normalized spacial score (nSPS) is 11.5. The summed E-state index contributed by atoms with van der Waals surface area (Å²) < 4.78 is 0. The van der Waals surface area contributed by atoms with Crippen LogP contribution in [-0.2, 0) is 0 Å². The molecular formula is C20H23N. The minimum Gasteiger partial charge on any atom is -0.360 e. The number of rotatable bonds is 0. The van der Waals surface area contributed by atoms with Crippen LogP contribution in [0, 0.1) is 34.5 Å². The quantitative estimate of drug-likeness (QED) is 0.655. The second-order valence-corrected chi connectivity index (χ2v) is 7.43. The molecular weight excluding hydrogens is 254 g/mol. The van der Waals surface area contributed by atoms with Crippen LogP contribution in [0.1, 0.15) is 52.7 Å². The van der Waals surface area contributed by atoms with Crippen molar-refractivity contribution < 1.29 is 0 Å². The fraction of sp³-hybridized carbons (Fsp3) is 0.400. The smallest absolute Gasteiger partial charge is 0.0625 e. The average Bonchev–Trinajstić information content (AvgIpc) is 2.81. The lowest BCUT2D eigenvalue weighted by atomic mass is 9.96. The maximum absolute atomic E-state index is 3.30. The number of fused-ring (bicyclic) bond motifs is 1. The van der Waals surface area contributed by atoms with Crippen molar-refractivity contribution in [2.45, 2.75) is 41.5 Å². The highest BCUT2D eigenvalue weighted by molar-refractivity contribution is 5.90. The van der Waals surface area contributed by atoms with Crippen molar-refractivity contribution in [2.75, 3.05) is 0 Å². The van der Waals surface area contributed by atoms with Gasteiger partial charge in [-0.2, -0.15) is 0 Å². The molecule has 0 aliphatic carbocycles. The molecule has 1 heteroatoms. The van der Waals surface area contributed by atoms with Crippen molar-refractivity contribution in [3.8, 4) is 23.7 Å². The van der Waals surface area contributed by atoms with Crippen molar-refractivity contribution in [3.05, 3.63) is 35.5 Å². The summed E-state index contributed by atoms with van der Waals surface area (Å²) >= 11 is 0. The minimum atomic E-state index is 0.00360. The first kappa shape index (κ1) is 15.3. The molecule has 1 N–H and O–H groups in total. The Kier molecular flexibility index (Phi) is 3.89. The molecule has 1 aromatic carbocycles. The lowest BCUT2D eigenvalue weighted by molar-refractivity contribution is 0.570. The van der Waals surface area contributed by atoms with Crippen LogP contribution in [-0.4, -0.2) is 4.98 Å². The Bertz CT molecular complexity index is 703. The first-order valence-electron chi connectivity index (χ1n) is 7.32. The van der Waals surface area contributed by atoms with Crippen LogP contribution in [0.25, 0.3) is 10.9 Å². The van der Waals surface area contributed by atoms with Gasteiger partial charge in [-0.05, 0) is 59.7 Å². The third-order valence-electron chi connectivity index (χ3n) is 2.87. The van der Waals surface area contributed by atoms with Crippen LogP contribution < -0.4 is 0 Å². The number of hydrogen-bond donors (Lipinski definition) is 1. The second-order valence-electron chi connectivity index (χ2n) is 7.43. The topological polar surface area (TPSA) is 15.8 Å². The van der Waals surface area contributed by atoms with Gasteiger partial charge in [0, 0.05) is 33.5 Å². The maximum Gasteiger partial charge on any atom is 0.0625 e. The first-order valence-corrected chi connectivity index (χ1v) is 7.32. The highest BCUT2D eigenvalue weighted by Crippen LogP contribution is 2.22. The number of nitrogens with one attached hydrogen (secondary N) is 1. The van der Waals surface area contributed by atoms with Crippen LogP contribution in [0.2, 0.25) is 0 Å². The molecule has 0 amide bonds. The van der Waals surface area contributed by atoms with Crippen molar-refractivity contribution in [1.29, 1.82) is 0 Å².